The fourth-order valence-electron chi connectivity index (χ4n) is 8.69. The molecule has 3 N–H and O–H groups in total. The Morgan fingerprint density at radius 3 is 1.40 bits per heavy atom. The van der Waals surface area contributed by atoms with Crippen LogP contribution >= 0.6 is 0 Å². The SMILES string of the molecule is COC(=O)CC1(c2ccc(N)cc2)CCc2ccccc21.COC(=O)CC1(c2ccc(NC(c3ccccc3)c3ccccc3)cc2)CCc2ccccc21. The largest absolute Gasteiger partial charge is 0.469 e. The number of methoxy groups -OCH3 is 2. The predicted octanol–water partition coefficient (Wildman–Crippen LogP) is 9.75. The van der Waals surface area contributed by atoms with E-state index in [-0.39, 0.29) is 28.8 Å². The van der Waals surface area contributed by atoms with E-state index >= 15 is 0 Å². The van der Waals surface area contributed by atoms with Crippen LogP contribution in [0, 0.1) is 0 Å². The molecule has 2 unspecified atom stereocenters. The molecule has 0 fully saturated rings. The standard InChI is InChI=1S/C31H29NO2.C18H19NO2/c1-34-29(33)22-31(21-20-23-10-8-9-15-28(23)31)26-16-18-27(19-17-26)32-30(24-11-4-2-5-12-24)25-13-6-3-7-14-25;1-21-17(20)12-18(14-6-8-15(19)9-7-14)11-10-13-4-2-3-5-16(13)18/h2-19,30,32H,20-22H2,1H3;2-9H,10-12,19H2,1H3. The number of aryl methyl sites for hydroxylation is 2. The van der Waals surface area contributed by atoms with Crippen LogP contribution in [-0.4, -0.2) is 26.2 Å². The summed E-state index contributed by atoms with van der Waals surface area (Å²) in [5.41, 5.74) is 16.8. The molecule has 6 heteroatoms. The van der Waals surface area contributed by atoms with Crippen LogP contribution in [0.4, 0.5) is 11.4 Å². The van der Waals surface area contributed by atoms with Gasteiger partial charge >= 0.3 is 11.9 Å². The maximum atomic E-state index is 12.4. The molecule has 278 valence electrons. The molecule has 0 saturated heterocycles. The van der Waals surface area contributed by atoms with Crippen molar-refractivity contribution in [2.45, 2.75) is 55.4 Å². The molecule has 0 saturated carbocycles. The smallest absolute Gasteiger partial charge is 0.306 e. The molecule has 6 aromatic carbocycles. The Bertz CT molecular complexity index is 2180. The first-order valence-corrected chi connectivity index (χ1v) is 19.0. The summed E-state index contributed by atoms with van der Waals surface area (Å²) in [4.78, 5) is 24.4. The number of rotatable bonds is 10. The van der Waals surface area contributed by atoms with Crippen LogP contribution in [0.3, 0.4) is 0 Å². The van der Waals surface area contributed by atoms with Crippen molar-refractivity contribution in [1.29, 1.82) is 0 Å². The van der Waals surface area contributed by atoms with Crippen LogP contribution in [0.15, 0.2) is 158 Å². The second kappa shape index (κ2) is 16.5. The average molecular weight is 729 g/mol. The second-order valence-electron chi connectivity index (χ2n) is 14.6. The highest BCUT2D eigenvalue weighted by molar-refractivity contribution is 5.74. The predicted molar refractivity (Wildman–Crippen MR) is 220 cm³/mol. The number of nitrogens with two attached hydrogens (primary N) is 1. The third kappa shape index (κ3) is 7.76. The molecule has 0 bridgehead atoms. The van der Waals surface area contributed by atoms with E-state index in [1.165, 1.54) is 47.6 Å². The second-order valence-corrected chi connectivity index (χ2v) is 14.6. The van der Waals surface area contributed by atoms with Crippen LogP contribution in [0.1, 0.15) is 76.2 Å². The highest BCUT2D eigenvalue weighted by Crippen LogP contribution is 2.48. The number of hydrogen-bond acceptors (Lipinski definition) is 6. The van der Waals surface area contributed by atoms with Gasteiger partial charge < -0.3 is 20.5 Å². The number of nitrogen functional groups attached to an aromatic ring is 1. The lowest BCUT2D eigenvalue weighted by molar-refractivity contribution is -0.142. The third-order valence-corrected chi connectivity index (χ3v) is 11.5. The minimum absolute atomic E-state index is 0.0458. The van der Waals surface area contributed by atoms with E-state index in [2.05, 4.69) is 121 Å². The van der Waals surface area contributed by atoms with Gasteiger partial charge in [0.05, 0.1) is 33.1 Å². The van der Waals surface area contributed by atoms with E-state index in [4.69, 9.17) is 15.2 Å². The van der Waals surface area contributed by atoms with Gasteiger partial charge in [-0.1, -0.05) is 133 Å². The minimum Gasteiger partial charge on any atom is -0.469 e. The Balaban J connectivity index is 0.000000190. The average Bonchev–Trinajstić information content (AvgIpc) is 3.80. The monoisotopic (exact) mass is 728 g/mol. The first-order valence-electron chi connectivity index (χ1n) is 19.0. The van der Waals surface area contributed by atoms with E-state index in [1.807, 2.05) is 42.5 Å². The van der Waals surface area contributed by atoms with Gasteiger partial charge in [-0.05, 0) is 94.5 Å². The molecule has 0 aliphatic heterocycles. The van der Waals surface area contributed by atoms with E-state index in [9.17, 15) is 9.59 Å². The summed E-state index contributed by atoms with van der Waals surface area (Å²) in [6.45, 7) is 0. The number of benzene rings is 6. The zero-order valence-electron chi connectivity index (χ0n) is 31.5. The van der Waals surface area contributed by atoms with Crippen molar-refractivity contribution in [3.05, 3.63) is 202 Å². The summed E-state index contributed by atoms with van der Waals surface area (Å²) in [5, 5.41) is 3.72. The highest BCUT2D eigenvalue weighted by atomic mass is 16.5. The van der Waals surface area contributed by atoms with Crippen LogP contribution in [0.2, 0.25) is 0 Å². The lowest BCUT2D eigenvalue weighted by atomic mass is 9.73. The number of fused-ring (bicyclic) bond motifs is 2. The van der Waals surface area contributed by atoms with Crippen molar-refractivity contribution in [1.82, 2.24) is 0 Å². The van der Waals surface area contributed by atoms with Gasteiger partial charge in [0.15, 0.2) is 0 Å². The molecule has 55 heavy (non-hydrogen) atoms. The van der Waals surface area contributed by atoms with Crippen molar-refractivity contribution in [2.24, 2.45) is 0 Å². The Hall–Kier alpha value is -6.14. The summed E-state index contributed by atoms with van der Waals surface area (Å²) in [6.07, 6.45) is 4.50. The summed E-state index contributed by atoms with van der Waals surface area (Å²) in [6, 6.07) is 54.3. The zero-order chi connectivity index (χ0) is 38.3. The lowest BCUT2D eigenvalue weighted by Crippen LogP contribution is -2.29. The van der Waals surface area contributed by atoms with Gasteiger partial charge in [0.1, 0.15) is 0 Å². The molecule has 6 nitrogen and oxygen atoms in total. The van der Waals surface area contributed by atoms with E-state index < -0.39 is 0 Å². The van der Waals surface area contributed by atoms with Crippen molar-refractivity contribution in [2.75, 3.05) is 25.3 Å². The number of esters is 2. The quantitative estimate of drug-likeness (QED) is 0.108. The fourth-order valence-corrected chi connectivity index (χ4v) is 8.69. The minimum atomic E-state index is -0.347. The van der Waals surface area contributed by atoms with Crippen LogP contribution in [-0.2, 0) is 42.7 Å². The van der Waals surface area contributed by atoms with E-state index in [0.717, 1.165) is 48.2 Å². The Kier molecular flexibility index (Phi) is 11.1. The van der Waals surface area contributed by atoms with Gasteiger partial charge in [-0.15, -0.1) is 0 Å². The molecule has 2 atom stereocenters. The molecular weight excluding hydrogens is 681 g/mol. The first kappa shape index (κ1) is 37.2. The Labute approximate surface area is 324 Å². The Morgan fingerprint density at radius 2 is 0.964 bits per heavy atom. The number of hydrogen-bond donors (Lipinski definition) is 2. The van der Waals surface area contributed by atoms with Crippen molar-refractivity contribution in [3.8, 4) is 0 Å². The summed E-state index contributed by atoms with van der Waals surface area (Å²) < 4.78 is 10.0. The normalized spacial score (nSPS) is 18.0. The molecular formula is C49H48N2O4. The van der Waals surface area contributed by atoms with Crippen LogP contribution < -0.4 is 11.1 Å². The fraction of sp³-hybridized carbons (Fsp3) is 0.224. The molecule has 0 amide bonds. The highest BCUT2D eigenvalue weighted by Gasteiger charge is 2.43. The maximum absolute atomic E-state index is 12.4. The summed E-state index contributed by atoms with van der Waals surface area (Å²) in [5.74, 6) is -0.351. The van der Waals surface area contributed by atoms with Crippen molar-refractivity contribution >= 4 is 23.3 Å². The molecule has 0 spiro atoms. The third-order valence-electron chi connectivity index (χ3n) is 11.5. The molecule has 8 rings (SSSR count). The molecule has 6 aromatic rings. The van der Waals surface area contributed by atoms with Crippen LogP contribution in [0.5, 0.6) is 0 Å². The lowest BCUT2D eigenvalue weighted by Gasteiger charge is -2.30. The van der Waals surface area contributed by atoms with E-state index in [1.54, 1.807) is 0 Å². The topological polar surface area (TPSA) is 90.7 Å². The summed E-state index contributed by atoms with van der Waals surface area (Å²) in [7, 11) is 2.91. The maximum Gasteiger partial charge on any atom is 0.306 e. The number of carbonyl (C=O) groups is 2. The van der Waals surface area contributed by atoms with Gasteiger partial charge in [-0.3, -0.25) is 9.59 Å². The van der Waals surface area contributed by atoms with Gasteiger partial charge in [0.2, 0.25) is 0 Å². The van der Waals surface area contributed by atoms with Gasteiger partial charge in [0.25, 0.3) is 0 Å². The molecule has 0 heterocycles. The Morgan fingerprint density at radius 1 is 0.564 bits per heavy atom. The van der Waals surface area contributed by atoms with Gasteiger partial charge in [0, 0.05) is 22.2 Å². The molecule has 2 aliphatic carbocycles. The number of anilines is 2. The van der Waals surface area contributed by atoms with Gasteiger partial charge in [-0.2, -0.15) is 0 Å². The van der Waals surface area contributed by atoms with Gasteiger partial charge in [-0.25, -0.2) is 0 Å². The first-order chi connectivity index (χ1) is 26.8. The van der Waals surface area contributed by atoms with Crippen LogP contribution in [0.25, 0.3) is 0 Å². The van der Waals surface area contributed by atoms with Crippen molar-refractivity contribution < 1.29 is 19.1 Å². The number of ether oxygens (including phenoxy) is 2. The molecule has 2 aliphatic rings. The molecule has 0 aromatic heterocycles. The summed E-state index contributed by atoms with van der Waals surface area (Å²) >= 11 is 0. The zero-order valence-corrected chi connectivity index (χ0v) is 31.5. The molecule has 0 radical (unpaired) electrons. The number of carbonyl (C=O) groups excluding carboxylic acids is 2. The number of nitrogens with one attached hydrogen (secondary N) is 1. The van der Waals surface area contributed by atoms with Crippen molar-refractivity contribution in [3.63, 3.8) is 0 Å². The van der Waals surface area contributed by atoms with E-state index in [0.29, 0.717) is 12.8 Å².